The molecule has 1 heterocycles. The quantitative estimate of drug-likeness (QED) is 0.558. The highest BCUT2D eigenvalue weighted by Crippen LogP contribution is 2.26. The predicted octanol–water partition coefficient (Wildman–Crippen LogP) is -0.0440. The Morgan fingerprint density at radius 1 is 1.70 bits per heavy atom. The Morgan fingerprint density at radius 2 is 2.30 bits per heavy atom. The summed E-state index contributed by atoms with van der Waals surface area (Å²) in [4.78, 5) is 12.9. The summed E-state index contributed by atoms with van der Waals surface area (Å²) in [6.45, 7) is 2.89. The Hall–Kier alpha value is -0.570. The number of carbonyl (C=O) groups excluding carboxylic acids is 1. The highest BCUT2D eigenvalue weighted by atomic mass is 16.1. The topological polar surface area (TPSA) is 46.3 Å². The summed E-state index contributed by atoms with van der Waals surface area (Å²) in [6.07, 6.45) is 1.98. The van der Waals surface area contributed by atoms with Gasteiger partial charge in [-0.05, 0) is 33.4 Å². The van der Waals surface area contributed by atoms with Gasteiger partial charge in [0.25, 0.3) is 0 Å². The molecule has 0 bridgehead atoms. The third kappa shape index (κ3) is 0.904. The fourth-order valence-electron chi connectivity index (χ4n) is 1.41. The van der Waals surface area contributed by atoms with Gasteiger partial charge in [-0.25, -0.2) is 0 Å². The van der Waals surface area contributed by atoms with E-state index in [1.54, 1.807) is 0 Å². The van der Waals surface area contributed by atoms with Crippen molar-refractivity contribution in [2.24, 2.45) is 5.73 Å². The smallest absolute Gasteiger partial charge is 0.237 e. The van der Waals surface area contributed by atoms with E-state index in [9.17, 15) is 4.79 Å². The van der Waals surface area contributed by atoms with Crippen LogP contribution in [-0.2, 0) is 4.79 Å². The number of likely N-dealkylation sites (tertiary alicyclic amines) is 1. The van der Waals surface area contributed by atoms with Crippen molar-refractivity contribution in [3.8, 4) is 0 Å². The van der Waals surface area contributed by atoms with Crippen LogP contribution in [-0.4, -0.2) is 29.9 Å². The standard InChI is InChI=1S/C7H14N2O/c1-7(6(8)10)4-3-5-9(7)2/h3-5H2,1-2H3,(H2,8,10)/t7-/m1/s1. The number of hydrogen-bond donors (Lipinski definition) is 1. The van der Waals surface area contributed by atoms with Crippen LogP contribution in [0.1, 0.15) is 19.8 Å². The second-order valence-corrected chi connectivity index (χ2v) is 3.16. The summed E-state index contributed by atoms with van der Waals surface area (Å²) in [5.74, 6) is -0.201. The fourth-order valence-corrected chi connectivity index (χ4v) is 1.41. The van der Waals surface area contributed by atoms with Crippen molar-refractivity contribution in [1.29, 1.82) is 0 Å². The van der Waals surface area contributed by atoms with E-state index in [4.69, 9.17) is 5.73 Å². The molecule has 0 radical (unpaired) electrons. The Morgan fingerprint density at radius 3 is 2.50 bits per heavy atom. The molecule has 1 atom stereocenters. The summed E-state index contributed by atoms with van der Waals surface area (Å²) in [6, 6.07) is 0. The van der Waals surface area contributed by atoms with E-state index < -0.39 is 0 Å². The molecule has 0 saturated carbocycles. The second-order valence-electron chi connectivity index (χ2n) is 3.16. The molecule has 1 rings (SSSR count). The lowest BCUT2D eigenvalue weighted by atomic mass is 9.99. The first-order valence-electron chi connectivity index (χ1n) is 3.58. The van der Waals surface area contributed by atoms with Crippen molar-refractivity contribution in [3.63, 3.8) is 0 Å². The number of hydrogen-bond acceptors (Lipinski definition) is 2. The van der Waals surface area contributed by atoms with E-state index in [0.717, 1.165) is 19.4 Å². The average Bonchev–Trinajstić information content (AvgIpc) is 2.15. The number of likely N-dealkylation sites (N-methyl/N-ethyl adjacent to an activating group) is 1. The second kappa shape index (κ2) is 2.23. The average molecular weight is 142 g/mol. The van der Waals surface area contributed by atoms with Crippen LogP contribution >= 0.6 is 0 Å². The van der Waals surface area contributed by atoms with Crippen molar-refractivity contribution >= 4 is 5.91 Å². The highest BCUT2D eigenvalue weighted by molar-refractivity contribution is 5.84. The number of carbonyl (C=O) groups is 1. The number of nitrogens with two attached hydrogens (primary N) is 1. The van der Waals surface area contributed by atoms with Gasteiger partial charge in [-0.3, -0.25) is 9.69 Å². The molecule has 2 N–H and O–H groups in total. The van der Waals surface area contributed by atoms with E-state index in [2.05, 4.69) is 0 Å². The van der Waals surface area contributed by atoms with E-state index in [1.165, 1.54) is 0 Å². The Balaban J connectivity index is 2.75. The first-order valence-corrected chi connectivity index (χ1v) is 3.58. The maximum atomic E-state index is 10.9. The summed E-state index contributed by atoms with van der Waals surface area (Å²) < 4.78 is 0. The first kappa shape index (κ1) is 7.54. The van der Waals surface area contributed by atoms with Crippen LogP contribution in [0.3, 0.4) is 0 Å². The molecule has 1 fully saturated rings. The van der Waals surface area contributed by atoms with Gasteiger partial charge in [0, 0.05) is 0 Å². The van der Waals surface area contributed by atoms with Gasteiger partial charge < -0.3 is 5.73 Å². The Bertz CT molecular complexity index is 158. The summed E-state index contributed by atoms with van der Waals surface area (Å²) in [7, 11) is 1.94. The molecular weight excluding hydrogens is 128 g/mol. The number of amides is 1. The van der Waals surface area contributed by atoms with Crippen LogP contribution in [0.5, 0.6) is 0 Å². The van der Waals surface area contributed by atoms with E-state index >= 15 is 0 Å². The highest BCUT2D eigenvalue weighted by Gasteiger charge is 2.38. The molecule has 0 aliphatic carbocycles. The lowest BCUT2D eigenvalue weighted by Crippen LogP contribution is -2.49. The largest absolute Gasteiger partial charge is 0.368 e. The lowest BCUT2D eigenvalue weighted by Gasteiger charge is -2.28. The molecule has 3 heteroatoms. The monoisotopic (exact) mass is 142 g/mol. The molecule has 3 nitrogen and oxygen atoms in total. The third-order valence-corrected chi connectivity index (χ3v) is 2.53. The SMILES string of the molecule is CN1CCC[C@]1(C)C(N)=O. The molecule has 1 saturated heterocycles. The lowest BCUT2D eigenvalue weighted by molar-refractivity contribution is -0.126. The number of primary amides is 1. The van der Waals surface area contributed by atoms with Crippen LogP contribution < -0.4 is 5.73 Å². The van der Waals surface area contributed by atoms with Gasteiger partial charge in [-0.15, -0.1) is 0 Å². The molecule has 0 aromatic carbocycles. The van der Waals surface area contributed by atoms with E-state index in [1.807, 2.05) is 18.9 Å². The molecule has 1 amide bonds. The summed E-state index contributed by atoms with van der Waals surface area (Å²) >= 11 is 0. The zero-order valence-corrected chi connectivity index (χ0v) is 6.55. The Labute approximate surface area is 61.2 Å². The van der Waals surface area contributed by atoms with Crippen molar-refractivity contribution in [2.45, 2.75) is 25.3 Å². The van der Waals surface area contributed by atoms with Crippen LogP contribution in [0.15, 0.2) is 0 Å². The van der Waals surface area contributed by atoms with Crippen LogP contribution in [0, 0.1) is 0 Å². The first-order chi connectivity index (χ1) is 4.57. The van der Waals surface area contributed by atoms with Crippen molar-refractivity contribution in [3.05, 3.63) is 0 Å². The summed E-state index contributed by atoms with van der Waals surface area (Å²) in [5, 5.41) is 0. The minimum Gasteiger partial charge on any atom is -0.368 e. The van der Waals surface area contributed by atoms with Crippen LogP contribution in [0.4, 0.5) is 0 Å². The van der Waals surface area contributed by atoms with Gasteiger partial charge in [0.05, 0.1) is 5.54 Å². The van der Waals surface area contributed by atoms with Gasteiger partial charge in [0.2, 0.25) is 5.91 Å². The molecule has 58 valence electrons. The number of nitrogens with zero attached hydrogens (tertiary/aromatic N) is 1. The maximum absolute atomic E-state index is 10.9. The van der Waals surface area contributed by atoms with Crippen molar-refractivity contribution in [1.82, 2.24) is 4.90 Å². The van der Waals surface area contributed by atoms with E-state index in [0.29, 0.717) is 0 Å². The predicted molar refractivity (Wildman–Crippen MR) is 39.5 cm³/mol. The van der Waals surface area contributed by atoms with Crippen molar-refractivity contribution in [2.75, 3.05) is 13.6 Å². The molecule has 0 aromatic heterocycles. The van der Waals surface area contributed by atoms with Gasteiger partial charge in [0.1, 0.15) is 0 Å². The molecule has 1 aliphatic rings. The van der Waals surface area contributed by atoms with Gasteiger partial charge in [-0.2, -0.15) is 0 Å². The normalized spacial score (nSPS) is 34.6. The molecule has 1 aliphatic heterocycles. The number of rotatable bonds is 1. The molecule has 0 aromatic rings. The molecule has 10 heavy (non-hydrogen) atoms. The molecular formula is C7H14N2O. The van der Waals surface area contributed by atoms with E-state index in [-0.39, 0.29) is 11.4 Å². The third-order valence-electron chi connectivity index (χ3n) is 2.53. The minimum absolute atomic E-state index is 0.201. The maximum Gasteiger partial charge on any atom is 0.237 e. The van der Waals surface area contributed by atoms with Gasteiger partial charge in [0.15, 0.2) is 0 Å². The van der Waals surface area contributed by atoms with Gasteiger partial charge in [-0.1, -0.05) is 0 Å². The Kier molecular flexibility index (Phi) is 1.68. The zero-order valence-electron chi connectivity index (χ0n) is 6.55. The minimum atomic E-state index is -0.375. The van der Waals surface area contributed by atoms with Crippen LogP contribution in [0.2, 0.25) is 0 Å². The fraction of sp³-hybridized carbons (Fsp3) is 0.857. The molecule has 0 spiro atoms. The van der Waals surface area contributed by atoms with Crippen LogP contribution in [0.25, 0.3) is 0 Å². The van der Waals surface area contributed by atoms with Gasteiger partial charge >= 0.3 is 0 Å². The molecule has 0 unspecified atom stereocenters. The van der Waals surface area contributed by atoms with Crippen molar-refractivity contribution < 1.29 is 4.79 Å². The summed E-state index contributed by atoms with van der Waals surface area (Å²) in [5.41, 5.74) is 4.87. The zero-order chi connectivity index (χ0) is 7.78.